The maximum absolute atomic E-state index is 12.2. The summed E-state index contributed by atoms with van der Waals surface area (Å²) in [5.74, 6) is 0.575. The number of amides is 2. The molecule has 1 aromatic heterocycles. The Morgan fingerprint density at radius 3 is 2.73 bits per heavy atom. The van der Waals surface area contributed by atoms with E-state index in [1.807, 2.05) is 35.3 Å². The van der Waals surface area contributed by atoms with Crippen LogP contribution in [0.25, 0.3) is 5.57 Å². The number of nitrogens with zero attached hydrogens (tertiary/aromatic N) is 4. The minimum absolute atomic E-state index is 0.00689. The molecule has 4 N–H and O–H groups in total. The molecule has 0 saturated heterocycles. The van der Waals surface area contributed by atoms with Crippen molar-refractivity contribution in [1.29, 1.82) is 0 Å². The third-order valence-corrected chi connectivity index (χ3v) is 7.83. The van der Waals surface area contributed by atoms with E-state index in [0.717, 1.165) is 24.0 Å². The summed E-state index contributed by atoms with van der Waals surface area (Å²) in [6, 6.07) is 7.25. The van der Waals surface area contributed by atoms with E-state index in [1.165, 1.54) is 32.1 Å². The number of nitrogens with one attached hydrogen (secondary N) is 2. The molecule has 190 valence electrons. The van der Waals surface area contributed by atoms with Gasteiger partial charge in [0.05, 0.1) is 24.1 Å². The topological polar surface area (TPSA) is 135 Å². The molecule has 2 amide bonds. The average molecular weight is 501 g/mol. The molecule has 2 heterocycles. The Bertz CT molecular complexity index is 1370. The second-order valence-electron chi connectivity index (χ2n) is 10.4. The van der Waals surface area contributed by atoms with Crippen LogP contribution in [-0.2, 0) is 4.79 Å². The summed E-state index contributed by atoms with van der Waals surface area (Å²) >= 11 is 0. The zero-order chi connectivity index (χ0) is 25.6. The van der Waals surface area contributed by atoms with Crippen LogP contribution >= 0.6 is 0 Å². The number of nitrogens with two attached hydrogens (primary N) is 1. The van der Waals surface area contributed by atoms with Crippen LogP contribution in [0.4, 0.5) is 17.2 Å². The van der Waals surface area contributed by atoms with Crippen molar-refractivity contribution < 1.29 is 19.0 Å². The maximum Gasteiger partial charge on any atom is 0.271 e. The lowest BCUT2D eigenvalue weighted by Gasteiger charge is -2.16. The molecule has 3 aliphatic carbocycles. The molecule has 1 unspecified atom stereocenters. The van der Waals surface area contributed by atoms with Gasteiger partial charge in [0, 0.05) is 23.5 Å². The normalized spacial score (nSPS) is 22.2. The van der Waals surface area contributed by atoms with Gasteiger partial charge in [-0.05, 0) is 55.1 Å². The molecular weight excluding hydrogens is 470 g/mol. The molecular formula is C27H30N7O3+. The van der Waals surface area contributed by atoms with Gasteiger partial charge < -0.3 is 21.1 Å². The molecule has 2 aromatic rings. The van der Waals surface area contributed by atoms with Crippen molar-refractivity contribution in [2.75, 3.05) is 17.7 Å². The third kappa shape index (κ3) is 4.59. The monoisotopic (exact) mass is 500 g/mol. The number of hydrogen-bond donors (Lipinski definition) is 3. The molecule has 3 saturated carbocycles. The molecule has 6 rings (SSSR count). The first-order valence-corrected chi connectivity index (χ1v) is 12.8. The quantitative estimate of drug-likeness (QED) is 0.473. The van der Waals surface area contributed by atoms with Crippen LogP contribution < -0.4 is 21.1 Å². The first kappa shape index (κ1) is 23.3. The molecule has 0 bridgehead atoms. The van der Waals surface area contributed by atoms with Crippen LogP contribution in [0.15, 0.2) is 35.6 Å². The van der Waals surface area contributed by atoms with Crippen LogP contribution in [0, 0.1) is 17.3 Å². The Balaban J connectivity index is 1.28. The highest BCUT2D eigenvalue weighted by Crippen LogP contribution is 2.60. The van der Waals surface area contributed by atoms with Gasteiger partial charge in [-0.2, -0.15) is 0 Å². The first-order valence-electron chi connectivity index (χ1n) is 12.8. The van der Waals surface area contributed by atoms with E-state index >= 15 is 0 Å². The summed E-state index contributed by atoms with van der Waals surface area (Å²) in [7, 11) is 1.59. The van der Waals surface area contributed by atoms with E-state index in [9.17, 15) is 9.59 Å². The van der Waals surface area contributed by atoms with Crippen molar-refractivity contribution in [2.45, 2.75) is 44.9 Å². The van der Waals surface area contributed by atoms with Crippen LogP contribution in [0.1, 0.15) is 61.0 Å². The smallest absolute Gasteiger partial charge is 0.271 e. The number of aromatic nitrogens is 2. The van der Waals surface area contributed by atoms with E-state index in [-0.39, 0.29) is 23.3 Å². The van der Waals surface area contributed by atoms with Crippen molar-refractivity contribution in [1.82, 2.24) is 10.2 Å². The number of hydrogen-bond acceptors (Lipinski definition) is 7. The molecule has 0 radical (unpaired) electrons. The number of rotatable bonds is 8. The molecule has 1 aliphatic heterocycles. The van der Waals surface area contributed by atoms with Crippen LogP contribution in [-0.4, -0.2) is 46.2 Å². The number of benzene rings is 1. The predicted molar refractivity (Wildman–Crippen MR) is 140 cm³/mol. The molecule has 10 heteroatoms. The third-order valence-electron chi connectivity index (χ3n) is 7.83. The van der Waals surface area contributed by atoms with E-state index in [4.69, 9.17) is 10.5 Å². The SMILES string of the molecule is COc1c(Nc2cc(NC(=O)C3CC3)nnc2C(N)=O)cccc1C1=C/[N+](=C/C2CCCC23CC3)N=C1. The lowest BCUT2D eigenvalue weighted by atomic mass is 9.94. The minimum atomic E-state index is -0.734. The number of primary amides is 1. The fourth-order valence-corrected chi connectivity index (χ4v) is 5.45. The van der Waals surface area contributed by atoms with Gasteiger partial charge in [-0.3, -0.25) is 9.59 Å². The summed E-state index contributed by atoms with van der Waals surface area (Å²) in [6.07, 6.45) is 14.3. The lowest BCUT2D eigenvalue weighted by Crippen LogP contribution is -2.19. The van der Waals surface area contributed by atoms with Gasteiger partial charge in [-0.1, -0.05) is 23.2 Å². The van der Waals surface area contributed by atoms with Gasteiger partial charge in [0.1, 0.15) is 12.0 Å². The Morgan fingerprint density at radius 2 is 2.00 bits per heavy atom. The number of ether oxygens (including phenoxy) is 1. The fraction of sp³-hybridized carbons (Fsp3) is 0.407. The predicted octanol–water partition coefficient (Wildman–Crippen LogP) is 3.68. The van der Waals surface area contributed by atoms with E-state index in [1.54, 1.807) is 13.2 Å². The summed E-state index contributed by atoms with van der Waals surface area (Å²) in [5.41, 5.74) is 8.73. The standard InChI is InChI=1S/C27H29N7O3/c1-37-24-19(17-13-29-34(14-17)15-18-4-3-9-27(18)10-11-27)5-2-6-20(24)30-21-12-22(31-26(36)16-7-8-16)32-33-23(21)25(28)35/h2,5-6,12-16,18H,3-4,7-11H2,1H3,(H3-,28,30,31,32,35,36)/p+1/b34-15-. The second kappa shape index (κ2) is 9.10. The average Bonchev–Trinajstić information content (AvgIpc) is 3.79. The maximum atomic E-state index is 12.2. The van der Waals surface area contributed by atoms with Crippen molar-refractivity contribution in [3.63, 3.8) is 0 Å². The zero-order valence-corrected chi connectivity index (χ0v) is 20.7. The summed E-state index contributed by atoms with van der Waals surface area (Å²) in [4.78, 5) is 24.2. The Hall–Kier alpha value is -4.08. The van der Waals surface area contributed by atoms with Crippen LogP contribution in [0.3, 0.4) is 0 Å². The number of methoxy groups -OCH3 is 1. The molecule has 3 fully saturated rings. The second-order valence-corrected chi connectivity index (χ2v) is 10.4. The van der Waals surface area contributed by atoms with Crippen molar-refractivity contribution in [3.8, 4) is 5.75 Å². The van der Waals surface area contributed by atoms with Crippen molar-refractivity contribution >= 4 is 47.0 Å². The van der Waals surface area contributed by atoms with Gasteiger partial charge in [0.25, 0.3) is 5.91 Å². The van der Waals surface area contributed by atoms with Gasteiger partial charge >= 0.3 is 0 Å². The highest BCUT2D eigenvalue weighted by Gasteiger charge is 2.52. The number of carbonyl (C=O) groups excluding carboxylic acids is 2. The summed E-state index contributed by atoms with van der Waals surface area (Å²) in [5, 5.41) is 18.5. The molecule has 1 atom stereocenters. The molecule has 1 spiro atoms. The summed E-state index contributed by atoms with van der Waals surface area (Å²) < 4.78 is 7.72. The highest BCUT2D eigenvalue weighted by atomic mass is 16.5. The van der Waals surface area contributed by atoms with Gasteiger partial charge in [0.2, 0.25) is 12.1 Å². The fourth-order valence-electron chi connectivity index (χ4n) is 5.45. The molecule has 1 aromatic carbocycles. The number of hydrazone groups is 1. The molecule has 37 heavy (non-hydrogen) atoms. The Morgan fingerprint density at radius 1 is 1.16 bits per heavy atom. The zero-order valence-electron chi connectivity index (χ0n) is 20.7. The van der Waals surface area contributed by atoms with Crippen LogP contribution in [0.2, 0.25) is 0 Å². The number of para-hydroxylation sites is 1. The molecule has 10 nitrogen and oxygen atoms in total. The first-order chi connectivity index (χ1) is 18.0. The van der Waals surface area contributed by atoms with Gasteiger partial charge in [0.15, 0.2) is 17.7 Å². The Kier molecular flexibility index (Phi) is 5.73. The number of carbonyl (C=O) groups is 2. The minimum Gasteiger partial charge on any atom is -0.494 e. The van der Waals surface area contributed by atoms with E-state index in [0.29, 0.717) is 28.5 Å². The lowest BCUT2D eigenvalue weighted by molar-refractivity contribution is -0.454. The van der Waals surface area contributed by atoms with Gasteiger partial charge in [-0.25, -0.2) is 0 Å². The number of anilines is 3. The largest absolute Gasteiger partial charge is 0.494 e. The Labute approximate surface area is 214 Å². The van der Waals surface area contributed by atoms with E-state index < -0.39 is 5.91 Å². The van der Waals surface area contributed by atoms with Crippen molar-refractivity contribution in [2.24, 2.45) is 28.1 Å². The van der Waals surface area contributed by atoms with E-state index in [2.05, 4.69) is 32.1 Å². The van der Waals surface area contributed by atoms with Crippen LogP contribution in [0.5, 0.6) is 5.75 Å². The number of allylic oxidation sites excluding steroid dienone is 1. The molecule has 4 aliphatic rings. The van der Waals surface area contributed by atoms with Gasteiger partial charge in [-0.15, -0.1) is 10.2 Å². The highest BCUT2D eigenvalue weighted by molar-refractivity contribution is 6.12. The van der Waals surface area contributed by atoms with Crippen molar-refractivity contribution in [3.05, 3.63) is 41.7 Å². The summed E-state index contributed by atoms with van der Waals surface area (Å²) in [6.45, 7) is 0.